The third-order valence-electron chi connectivity index (χ3n) is 4.21. The van der Waals surface area contributed by atoms with E-state index >= 15 is 0 Å². The van der Waals surface area contributed by atoms with Crippen LogP contribution in [0.2, 0.25) is 15.1 Å². The van der Waals surface area contributed by atoms with Gasteiger partial charge in [-0.3, -0.25) is 4.40 Å². The van der Waals surface area contributed by atoms with Gasteiger partial charge in [0.1, 0.15) is 6.33 Å². The van der Waals surface area contributed by atoms with Gasteiger partial charge in [-0.15, -0.1) is 10.2 Å². The van der Waals surface area contributed by atoms with Gasteiger partial charge in [-0.1, -0.05) is 46.9 Å². The first-order chi connectivity index (χ1) is 13.1. The number of rotatable bonds is 2. The number of benzene rings is 2. The molecule has 0 saturated heterocycles. The fraction of sp³-hybridized carbons (Fsp3) is 0. The third-order valence-corrected chi connectivity index (χ3v) is 5.18. The first-order valence-corrected chi connectivity index (χ1v) is 9.04. The summed E-state index contributed by atoms with van der Waals surface area (Å²) in [6.45, 7) is 0. The Morgan fingerprint density at radius 2 is 1.74 bits per heavy atom. The topological polar surface area (TPSA) is 60.9 Å². The van der Waals surface area contributed by atoms with Crippen LogP contribution >= 0.6 is 34.8 Å². The highest BCUT2D eigenvalue weighted by molar-refractivity contribution is 6.42. The van der Waals surface area contributed by atoms with Crippen molar-refractivity contribution in [1.82, 2.24) is 29.4 Å². The van der Waals surface area contributed by atoms with Crippen molar-refractivity contribution in [3.8, 4) is 17.1 Å². The second kappa shape index (κ2) is 6.20. The van der Waals surface area contributed by atoms with Gasteiger partial charge < -0.3 is 0 Å². The molecule has 0 spiro atoms. The minimum Gasteiger partial charge on any atom is -0.265 e. The molecule has 0 aliphatic carbocycles. The molecule has 9 heteroatoms. The van der Waals surface area contributed by atoms with Crippen LogP contribution in [-0.4, -0.2) is 29.4 Å². The van der Waals surface area contributed by atoms with Gasteiger partial charge in [-0.25, -0.2) is 9.67 Å². The Labute approximate surface area is 167 Å². The molecular formula is C18H9Cl3N6. The van der Waals surface area contributed by atoms with E-state index in [1.807, 2.05) is 34.7 Å². The van der Waals surface area contributed by atoms with Crippen molar-refractivity contribution in [2.24, 2.45) is 0 Å². The summed E-state index contributed by atoms with van der Waals surface area (Å²) in [6.07, 6.45) is 3.38. The van der Waals surface area contributed by atoms with Gasteiger partial charge in [0, 0.05) is 10.6 Å². The number of nitrogens with zero attached hydrogens (tertiary/aromatic N) is 6. The van der Waals surface area contributed by atoms with Crippen LogP contribution in [0.1, 0.15) is 0 Å². The van der Waals surface area contributed by atoms with E-state index in [1.165, 1.54) is 0 Å². The number of halogens is 3. The van der Waals surface area contributed by atoms with Crippen molar-refractivity contribution in [3.05, 3.63) is 70.1 Å². The molecule has 2 aromatic carbocycles. The number of hydrogen-bond donors (Lipinski definition) is 0. The van der Waals surface area contributed by atoms with E-state index < -0.39 is 0 Å². The van der Waals surface area contributed by atoms with Gasteiger partial charge in [-0.05, 0) is 30.3 Å². The van der Waals surface area contributed by atoms with Gasteiger partial charge in [0.25, 0.3) is 0 Å². The van der Waals surface area contributed by atoms with Crippen LogP contribution in [0.15, 0.2) is 55.0 Å². The Bertz CT molecular complexity index is 1320. The Morgan fingerprint density at radius 1 is 0.852 bits per heavy atom. The lowest BCUT2D eigenvalue weighted by atomic mass is 10.2. The van der Waals surface area contributed by atoms with E-state index in [0.717, 1.165) is 16.6 Å². The van der Waals surface area contributed by atoms with Crippen LogP contribution in [0, 0.1) is 0 Å². The molecule has 0 aliphatic rings. The average Bonchev–Trinajstić information content (AvgIpc) is 3.27. The molecule has 3 heterocycles. The monoisotopic (exact) mass is 414 g/mol. The molecule has 0 fully saturated rings. The summed E-state index contributed by atoms with van der Waals surface area (Å²) in [5.74, 6) is 0.657. The van der Waals surface area contributed by atoms with E-state index in [2.05, 4.69) is 20.3 Å². The maximum atomic E-state index is 6.13. The summed E-state index contributed by atoms with van der Waals surface area (Å²) < 4.78 is 3.50. The molecule has 132 valence electrons. The quantitative estimate of drug-likeness (QED) is 0.403. The van der Waals surface area contributed by atoms with Crippen LogP contribution in [0.5, 0.6) is 0 Å². The molecule has 3 aromatic heterocycles. The van der Waals surface area contributed by atoms with Crippen molar-refractivity contribution in [1.29, 1.82) is 0 Å². The summed E-state index contributed by atoms with van der Waals surface area (Å²) in [5.41, 5.74) is 2.91. The van der Waals surface area contributed by atoms with E-state index in [1.54, 1.807) is 29.3 Å². The van der Waals surface area contributed by atoms with E-state index in [4.69, 9.17) is 34.8 Å². The van der Waals surface area contributed by atoms with Crippen LogP contribution < -0.4 is 0 Å². The Balaban J connectivity index is 1.71. The molecule has 5 rings (SSSR count). The molecule has 0 amide bonds. The zero-order valence-electron chi connectivity index (χ0n) is 13.5. The zero-order valence-corrected chi connectivity index (χ0v) is 15.8. The SMILES string of the molecule is Clc1cccc(-c2nnc3c4cnn(-c5ccc(Cl)c(Cl)c5)c4ncn23)c1. The maximum Gasteiger partial charge on any atom is 0.175 e. The molecule has 5 aromatic rings. The van der Waals surface area contributed by atoms with Crippen molar-refractivity contribution in [2.45, 2.75) is 0 Å². The highest BCUT2D eigenvalue weighted by atomic mass is 35.5. The highest BCUT2D eigenvalue weighted by Gasteiger charge is 2.16. The normalized spacial score (nSPS) is 11.5. The molecule has 27 heavy (non-hydrogen) atoms. The number of hydrogen-bond acceptors (Lipinski definition) is 4. The molecule has 0 N–H and O–H groups in total. The summed E-state index contributed by atoms with van der Waals surface area (Å²) in [4.78, 5) is 4.55. The number of aromatic nitrogens is 6. The molecule has 6 nitrogen and oxygen atoms in total. The molecule has 0 bridgehead atoms. The molecule has 0 aliphatic heterocycles. The average molecular weight is 416 g/mol. The minimum atomic E-state index is 0.449. The Kier molecular flexibility index (Phi) is 3.79. The molecule has 0 unspecified atom stereocenters. The molecule has 0 atom stereocenters. The van der Waals surface area contributed by atoms with Crippen LogP contribution in [0.25, 0.3) is 33.8 Å². The third kappa shape index (κ3) is 2.65. The van der Waals surface area contributed by atoms with Gasteiger partial charge in [0.05, 0.1) is 27.3 Å². The largest absolute Gasteiger partial charge is 0.265 e. The standard InChI is InChI=1S/C18H9Cl3N6/c19-11-3-1-2-10(6-11)16-24-25-18-13-8-23-27(17(13)22-9-26(16)18)12-4-5-14(20)15(21)7-12/h1-9H. The smallest absolute Gasteiger partial charge is 0.175 e. The molecule has 0 saturated carbocycles. The second-order valence-corrected chi connectivity index (χ2v) is 7.12. The summed E-state index contributed by atoms with van der Waals surface area (Å²) in [7, 11) is 0. The van der Waals surface area contributed by atoms with Crippen LogP contribution in [0.3, 0.4) is 0 Å². The van der Waals surface area contributed by atoms with Crippen molar-refractivity contribution in [2.75, 3.05) is 0 Å². The summed E-state index contributed by atoms with van der Waals surface area (Å²) in [6, 6.07) is 12.7. The lowest BCUT2D eigenvalue weighted by Crippen LogP contribution is -1.99. The van der Waals surface area contributed by atoms with Crippen molar-refractivity contribution in [3.63, 3.8) is 0 Å². The van der Waals surface area contributed by atoms with Crippen LogP contribution in [0.4, 0.5) is 0 Å². The van der Waals surface area contributed by atoms with Gasteiger partial charge >= 0.3 is 0 Å². The summed E-state index contributed by atoms with van der Waals surface area (Å²) >= 11 is 18.2. The molecule has 0 radical (unpaired) electrons. The highest BCUT2D eigenvalue weighted by Crippen LogP contribution is 2.28. The Hall–Kier alpha value is -2.67. The maximum absolute atomic E-state index is 6.13. The predicted octanol–water partition coefficient (Wildman–Crippen LogP) is 5.09. The van der Waals surface area contributed by atoms with Gasteiger partial charge in [0.2, 0.25) is 0 Å². The fourth-order valence-electron chi connectivity index (χ4n) is 2.95. The molecular weight excluding hydrogens is 407 g/mol. The first-order valence-electron chi connectivity index (χ1n) is 7.90. The van der Waals surface area contributed by atoms with Crippen LogP contribution in [-0.2, 0) is 0 Å². The van der Waals surface area contributed by atoms with Crippen molar-refractivity contribution >= 4 is 51.5 Å². The second-order valence-electron chi connectivity index (χ2n) is 5.86. The number of fused-ring (bicyclic) bond motifs is 3. The van der Waals surface area contributed by atoms with E-state index in [0.29, 0.717) is 32.2 Å². The lowest BCUT2D eigenvalue weighted by molar-refractivity contribution is 0.893. The van der Waals surface area contributed by atoms with E-state index in [9.17, 15) is 0 Å². The van der Waals surface area contributed by atoms with Gasteiger partial charge in [0.15, 0.2) is 17.1 Å². The fourth-order valence-corrected chi connectivity index (χ4v) is 3.43. The Morgan fingerprint density at radius 3 is 2.56 bits per heavy atom. The minimum absolute atomic E-state index is 0.449. The summed E-state index contributed by atoms with van der Waals surface area (Å²) in [5, 5.41) is 15.4. The predicted molar refractivity (Wildman–Crippen MR) is 106 cm³/mol. The zero-order chi connectivity index (χ0) is 18.5. The van der Waals surface area contributed by atoms with Gasteiger partial charge in [-0.2, -0.15) is 5.10 Å². The first kappa shape index (κ1) is 16.5. The van der Waals surface area contributed by atoms with Crippen molar-refractivity contribution < 1.29 is 0 Å². The van der Waals surface area contributed by atoms with E-state index in [-0.39, 0.29) is 0 Å². The lowest BCUT2D eigenvalue weighted by Gasteiger charge is -2.05.